The molecule has 0 spiro atoms. The number of nitrogens with zero attached hydrogens (tertiary/aromatic N) is 2. The van der Waals surface area contributed by atoms with Crippen LogP contribution in [0.3, 0.4) is 0 Å². The smallest absolute Gasteiger partial charge is 0.342 e. The zero-order valence-electron chi connectivity index (χ0n) is 12.7. The Morgan fingerprint density at radius 3 is 2.64 bits per heavy atom. The van der Waals surface area contributed by atoms with Crippen LogP contribution in [0, 0.1) is 18.8 Å². The topological polar surface area (TPSA) is 53.4 Å². The van der Waals surface area contributed by atoms with Gasteiger partial charge in [0.25, 0.3) is 0 Å². The minimum absolute atomic E-state index is 0.210. The van der Waals surface area contributed by atoms with E-state index in [4.69, 9.17) is 21.1 Å². The lowest BCUT2D eigenvalue weighted by Crippen LogP contribution is -2.08. The molecule has 2 aromatic rings. The van der Waals surface area contributed by atoms with Crippen LogP contribution in [0.2, 0.25) is 5.02 Å². The Balaban J connectivity index is 2.68. The van der Waals surface area contributed by atoms with Crippen molar-refractivity contribution in [1.29, 1.82) is 0 Å². The summed E-state index contributed by atoms with van der Waals surface area (Å²) < 4.78 is 11.8. The van der Waals surface area contributed by atoms with Crippen LogP contribution >= 0.6 is 11.6 Å². The average Bonchev–Trinajstić information content (AvgIpc) is 2.92. The molecule has 0 aliphatic heterocycles. The average molecular weight is 319 g/mol. The maximum absolute atomic E-state index is 12.1. The highest BCUT2D eigenvalue weighted by molar-refractivity contribution is 6.33. The van der Waals surface area contributed by atoms with Crippen molar-refractivity contribution < 1.29 is 14.3 Å². The lowest BCUT2D eigenvalue weighted by atomic mass is 10.0. The summed E-state index contributed by atoms with van der Waals surface area (Å²) in [6.45, 7) is 1.82. The number of hydrogen-bond acceptors (Lipinski definition) is 4. The number of hydrogen-bond donors (Lipinski definition) is 0. The molecule has 0 saturated heterocycles. The Labute approximate surface area is 133 Å². The third-order valence-corrected chi connectivity index (χ3v) is 3.63. The summed E-state index contributed by atoms with van der Waals surface area (Å²) in [6, 6.07) is 1.68. The summed E-state index contributed by atoms with van der Waals surface area (Å²) in [7, 11) is 4.60. The Bertz CT molecular complexity index is 785. The molecule has 5 nitrogen and oxygen atoms in total. The number of carbonyl (C=O) groups excluding carboxylic acids is 1. The summed E-state index contributed by atoms with van der Waals surface area (Å²) >= 11 is 6.32. The van der Waals surface area contributed by atoms with Crippen LogP contribution in [0.1, 0.15) is 27.3 Å². The van der Waals surface area contributed by atoms with Crippen LogP contribution in [0.15, 0.2) is 18.5 Å². The predicted octanol–water partition coefficient (Wildman–Crippen LogP) is 2.58. The molecule has 0 amide bonds. The Morgan fingerprint density at radius 2 is 2.09 bits per heavy atom. The monoisotopic (exact) mass is 318 g/mol. The molecule has 1 aromatic carbocycles. The van der Waals surface area contributed by atoms with Crippen LogP contribution in [0.4, 0.5) is 0 Å². The second kappa shape index (κ2) is 6.54. The molecule has 0 bridgehead atoms. The fraction of sp³-hybridized carbons (Fsp3) is 0.250. The minimum atomic E-state index is -0.553. The van der Waals surface area contributed by atoms with Gasteiger partial charge in [-0.05, 0) is 24.5 Å². The lowest BCUT2D eigenvalue weighted by Gasteiger charge is -2.12. The van der Waals surface area contributed by atoms with E-state index in [-0.39, 0.29) is 5.56 Å². The van der Waals surface area contributed by atoms with Gasteiger partial charge in [-0.1, -0.05) is 17.5 Å². The van der Waals surface area contributed by atoms with Gasteiger partial charge in [-0.3, -0.25) is 0 Å². The standard InChI is InChI=1S/C16H15ClN2O3/c1-10-9-12(21-3)14(16(20)22-4)11(15(10)17)5-6-13-18-7-8-19(13)2/h7-9H,1-4H3. The first-order chi connectivity index (χ1) is 10.5. The summed E-state index contributed by atoms with van der Waals surface area (Å²) in [5.74, 6) is 6.19. The number of aromatic nitrogens is 2. The van der Waals surface area contributed by atoms with Crippen LogP contribution in [-0.4, -0.2) is 29.7 Å². The molecule has 0 saturated carbocycles. The quantitative estimate of drug-likeness (QED) is 0.631. The van der Waals surface area contributed by atoms with E-state index in [0.717, 1.165) is 5.56 Å². The van der Waals surface area contributed by atoms with E-state index in [1.165, 1.54) is 14.2 Å². The SMILES string of the molecule is COC(=O)c1c(OC)cc(C)c(Cl)c1C#Cc1nccn1C. The Morgan fingerprint density at radius 1 is 1.36 bits per heavy atom. The van der Waals surface area contributed by atoms with Gasteiger partial charge in [0.15, 0.2) is 5.82 Å². The Hall–Kier alpha value is -2.45. The number of halogens is 1. The van der Waals surface area contributed by atoms with Gasteiger partial charge in [0.2, 0.25) is 0 Å². The van der Waals surface area contributed by atoms with E-state index in [1.807, 2.05) is 14.0 Å². The maximum Gasteiger partial charge on any atom is 0.342 e. The maximum atomic E-state index is 12.1. The first kappa shape index (κ1) is 15.9. The zero-order valence-corrected chi connectivity index (χ0v) is 13.5. The van der Waals surface area contributed by atoms with Crippen molar-refractivity contribution in [2.45, 2.75) is 6.92 Å². The molecule has 1 heterocycles. The molecule has 0 atom stereocenters. The number of methoxy groups -OCH3 is 2. The summed E-state index contributed by atoms with van der Waals surface area (Å²) in [5, 5.41) is 0.392. The summed E-state index contributed by atoms with van der Waals surface area (Å²) in [6.07, 6.45) is 3.42. The number of rotatable bonds is 2. The van der Waals surface area contributed by atoms with E-state index in [9.17, 15) is 4.79 Å². The highest BCUT2D eigenvalue weighted by Gasteiger charge is 2.21. The van der Waals surface area contributed by atoms with Gasteiger partial charge in [0.1, 0.15) is 11.3 Å². The predicted molar refractivity (Wildman–Crippen MR) is 83.3 cm³/mol. The molecular formula is C16H15ClN2O3. The highest BCUT2D eigenvalue weighted by Crippen LogP contribution is 2.32. The van der Waals surface area contributed by atoms with Gasteiger partial charge in [-0.15, -0.1) is 0 Å². The van der Waals surface area contributed by atoms with Crippen LogP contribution in [0.25, 0.3) is 0 Å². The molecule has 0 aliphatic rings. The van der Waals surface area contributed by atoms with Gasteiger partial charge < -0.3 is 14.0 Å². The molecule has 22 heavy (non-hydrogen) atoms. The van der Waals surface area contributed by atoms with Crippen molar-refractivity contribution in [3.05, 3.63) is 46.0 Å². The molecule has 0 unspecified atom stereocenters. The number of carbonyl (C=O) groups is 1. The van der Waals surface area contributed by atoms with Gasteiger partial charge >= 0.3 is 5.97 Å². The van der Waals surface area contributed by atoms with Crippen molar-refractivity contribution >= 4 is 17.6 Å². The molecule has 1 aromatic heterocycles. The second-order valence-corrected chi connectivity index (χ2v) is 4.94. The number of esters is 1. The number of ether oxygens (including phenoxy) is 2. The van der Waals surface area contributed by atoms with Crippen molar-refractivity contribution in [2.24, 2.45) is 7.05 Å². The van der Waals surface area contributed by atoms with Gasteiger partial charge in [-0.25, -0.2) is 9.78 Å². The third-order valence-electron chi connectivity index (χ3n) is 3.14. The van der Waals surface area contributed by atoms with E-state index in [2.05, 4.69) is 16.8 Å². The van der Waals surface area contributed by atoms with Crippen molar-refractivity contribution in [3.63, 3.8) is 0 Å². The van der Waals surface area contributed by atoms with Gasteiger partial charge in [0.05, 0.1) is 24.8 Å². The number of aryl methyl sites for hydroxylation is 2. The third kappa shape index (κ3) is 2.92. The van der Waals surface area contributed by atoms with Crippen molar-refractivity contribution in [2.75, 3.05) is 14.2 Å². The summed E-state index contributed by atoms with van der Waals surface area (Å²) in [4.78, 5) is 16.2. The molecule has 6 heteroatoms. The zero-order chi connectivity index (χ0) is 16.3. The minimum Gasteiger partial charge on any atom is -0.496 e. The largest absolute Gasteiger partial charge is 0.496 e. The second-order valence-electron chi connectivity index (χ2n) is 4.56. The van der Waals surface area contributed by atoms with Crippen molar-refractivity contribution in [3.8, 4) is 17.6 Å². The van der Waals surface area contributed by atoms with E-state index in [1.54, 1.807) is 23.0 Å². The van der Waals surface area contributed by atoms with Gasteiger partial charge in [0, 0.05) is 19.4 Å². The summed E-state index contributed by atoms with van der Waals surface area (Å²) in [5.41, 5.74) is 1.34. The van der Waals surface area contributed by atoms with E-state index < -0.39 is 5.97 Å². The molecule has 2 rings (SSSR count). The van der Waals surface area contributed by atoms with Crippen LogP contribution in [-0.2, 0) is 11.8 Å². The molecule has 0 radical (unpaired) electrons. The highest BCUT2D eigenvalue weighted by atomic mass is 35.5. The molecule has 0 N–H and O–H groups in total. The molecule has 0 fully saturated rings. The first-order valence-corrected chi connectivity index (χ1v) is 6.82. The van der Waals surface area contributed by atoms with Crippen LogP contribution < -0.4 is 4.74 Å². The molecule has 0 aliphatic carbocycles. The van der Waals surface area contributed by atoms with E-state index in [0.29, 0.717) is 22.2 Å². The normalized spacial score (nSPS) is 9.86. The number of imidazole rings is 1. The fourth-order valence-electron chi connectivity index (χ4n) is 1.95. The fourth-order valence-corrected chi connectivity index (χ4v) is 2.15. The number of benzene rings is 1. The lowest BCUT2D eigenvalue weighted by molar-refractivity contribution is 0.0597. The molecule has 114 valence electrons. The first-order valence-electron chi connectivity index (χ1n) is 6.44. The van der Waals surface area contributed by atoms with Crippen LogP contribution in [0.5, 0.6) is 5.75 Å². The van der Waals surface area contributed by atoms with Crippen molar-refractivity contribution in [1.82, 2.24) is 9.55 Å². The van der Waals surface area contributed by atoms with Gasteiger partial charge in [-0.2, -0.15) is 0 Å². The molecular weight excluding hydrogens is 304 g/mol. The van der Waals surface area contributed by atoms with E-state index >= 15 is 0 Å². The Kier molecular flexibility index (Phi) is 4.74.